The zero-order valence-corrected chi connectivity index (χ0v) is 47.0. The monoisotopic (exact) mass is 1150 g/mol. The van der Waals surface area contributed by atoms with Crippen LogP contribution in [0.4, 0.5) is 41.8 Å². The maximum absolute atomic E-state index is 14.7. The van der Waals surface area contributed by atoms with Crippen molar-refractivity contribution in [2.75, 3.05) is 133 Å². The van der Waals surface area contributed by atoms with Gasteiger partial charge in [-0.3, -0.25) is 48.9 Å². The zero-order valence-electron chi connectivity index (χ0n) is 46.1. The lowest BCUT2D eigenvalue weighted by Gasteiger charge is -2.33. The average Bonchev–Trinajstić information content (AvgIpc) is 4.25. The first-order valence-electron chi connectivity index (χ1n) is 27.2. The minimum atomic E-state index is -2.69. The van der Waals surface area contributed by atoms with Crippen molar-refractivity contribution in [1.82, 2.24) is 39.7 Å². The molecule has 1 fully saturated rings. The molecule has 3 aliphatic rings. The maximum atomic E-state index is 14.7. The topological polar surface area (TPSA) is 264 Å². The minimum Gasteiger partial charge on any atom is -0.383 e. The maximum Gasteiger partial charge on any atom is 0.348 e. The van der Waals surface area contributed by atoms with E-state index >= 15 is 0 Å². The summed E-state index contributed by atoms with van der Waals surface area (Å²) in [5.41, 5.74) is 6.07. The van der Waals surface area contributed by atoms with Crippen LogP contribution in [0.2, 0.25) is 0 Å². The number of benzene rings is 2. The van der Waals surface area contributed by atoms with Crippen molar-refractivity contribution in [2.24, 2.45) is 7.05 Å². The number of piperidine rings is 1. The number of alkyl halides is 2. The molecule has 0 radical (unpaired) electrons. The van der Waals surface area contributed by atoms with E-state index in [0.717, 1.165) is 65.3 Å². The number of thiazole rings is 1. The van der Waals surface area contributed by atoms with E-state index in [9.17, 15) is 38.1 Å². The van der Waals surface area contributed by atoms with Crippen LogP contribution in [-0.2, 0) is 64.5 Å². The molecule has 81 heavy (non-hydrogen) atoms. The number of nitro groups is 1. The lowest BCUT2D eigenvalue weighted by Crippen LogP contribution is -2.43. The smallest absolute Gasteiger partial charge is 0.348 e. The lowest BCUT2D eigenvalue weighted by atomic mass is 9.92. The summed E-state index contributed by atoms with van der Waals surface area (Å²) in [6.45, 7) is 12.2. The second-order valence-electron chi connectivity index (χ2n) is 19.8. The van der Waals surface area contributed by atoms with E-state index in [2.05, 4.69) is 45.8 Å². The fourth-order valence-electron chi connectivity index (χ4n) is 10.1. The number of fused-ring (bicyclic) bond motifs is 2. The summed E-state index contributed by atoms with van der Waals surface area (Å²) in [6.07, 6.45) is 4.46. The Labute approximate surface area is 471 Å². The van der Waals surface area contributed by atoms with Crippen LogP contribution in [-0.4, -0.2) is 175 Å². The summed E-state index contributed by atoms with van der Waals surface area (Å²) >= 11 is 0.748. The number of ether oxygens (including phenoxy) is 5. The highest BCUT2D eigenvalue weighted by molar-refractivity contribution is 7.19. The van der Waals surface area contributed by atoms with Gasteiger partial charge in [-0.05, 0) is 85.4 Å². The lowest BCUT2D eigenvalue weighted by molar-refractivity contribution is -0.380. The Bertz CT molecular complexity index is 2980. The number of likely N-dealkylation sites (tertiary alicyclic amines) is 1. The third-order valence-electron chi connectivity index (χ3n) is 14.0. The molecule has 8 rings (SSSR count). The molecule has 24 nitrogen and oxygen atoms in total. The van der Waals surface area contributed by atoms with Gasteiger partial charge < -0.3 is 49.4 Å². The highest BCUT2D eigenvalue weighted by Gasteiger charge is 2.35. The molecule has 0 aliphatic carbocycles. The van der Waals surface area contributed by atoms with Gasteiger partial charge in [-0.15, -0.1) is 0 Å². The van der Waals surface area contributed by atoms with Crippen molar-refractivity contribution < 1.29 is 56.6 Å². The number of carbonyl (C=O) groups excluding carboxylic acids is 4. The SMILES string of the molecule is CC(=O)Nc1cc(NCCOCCOCCOCCOCCOCCNC(=O)CN2CCC(n3nc(N4CCCc5cc(-c6cnn(C)c6)c(C(F)F)cc54)c4c3CCN(C(C)=O)C4)CC2)ccc1C(=O)Nc1nc(C)c([N+](=O)[O-])s1. The molecule has 5 aromatic rings. The molecular weight excluding hydrogens is 1080 g/mol. The summed E-state index contributed by atoms with van der Waals surface area (Å²) in [5.74, 6) is -0.332. The van der Waals surface area contributed by atoms with Crippen LogP contribution in [0.1, 0.15) is 84.0 Å². The van der Waals surface area contributed by atoms with E-state index in [-0.39, 0.29) is 62.9 Å². The molecule has 438 valence electrons. The Morgan fingerprint density at radius 3 is 2.16 bits per heavy atom. The highest BCUT2D eigenvalue weighted by atomic mass is 32.1. The Morgan fingerprint density at radius 1 is 0.864 bits per heavy atom. The van der Waals surface area contributed by atoms with Gasteiger partial charge >= 0.3 is 5.00 Å². The average molecular weight is 1150 g/mol. The molecule has 0 bridgehead atoms. The summed E-state index contributed by atoms with van der Waals surface area (Å²) in [5, 5.41) is 31.9. The fourth-order valence-corrected chi connectivity index (χ4v) is 10.9. The summed E-state index contributed by atoms with van der Waals surface area (Å²) in [7, 11) is 1.77. The van der Waals surface area contributed by atoms with E-state index in [1.807, 2.05) is 11.0 Å². The molecule has 3 aromatic heterocycles. The molecule has 0 spiro atoms. The summed E-state index contributed by atoms with van der Waals surface area (Å²) in [4.78, 5) is 71.1. The first kappa shape index (κ1) is 60.1. The van der Waals surface area contributed by atoms with Crippen molar-refractivity contribution in [3.63, 3.8) is 0 Å². The van der Waals surface area contributed by atoms with E-state index in [0.29, 0.717) is 135 Å². The normalized spacial score (nSPS) is 14.7. The number of hydrogen-bond donors (Lipinski definition) is 4. The van der Waals surface area contributed by atoms with Gasteiger partial charge in [-0.2, -0.15) is 10.2 Å². The quantitative estimate of drug-likeness (QED) is 0.0241. The molecule has 27 heteroatoms. The van der Waals surface area contributed by atoms with Gasteiger partial charge in [0.15, 0.2) is 10.9 Å². The second kappa shape index (κ2) is 29.1. The van der Waals surface area contributed by atoms with Crippen LogP contribution >= 0.6 is 11.3 Å². The molecule has 3 aliphatic heterocycles. The van der Waals surface area contributed by atoms with Crippen molar-refractivity contribution in [3.8, 4) is 11.1 Å². The van der Waals surface area contributed by atoms with E-state index in [1.54, 1.807) is 49.2 Å². The van der Waals surface area contributed by atoms with Crippen LogP contribution in [0.25, 0.3) is 11.1 Å². The minimum absolute atomic E-state index is 0.0174. The third kappa shape index (κ3) is 16.4. The van der Waals surface area contributed by atoms with Gasteiger partial charge in [0.05, 0.1) is 108 Å². The molecule has 0 unspecified atom stereocenters. The van der Waals surface area contributed by atoms with Crippen LogP contribution in [0.15, 0.2) is 42.7 Å². The number of nitrogens with zero attached hydrogens (tertiary/aromatic N) is 9. The Hall–Kier alpha value is -7.01. The van der Waals surface area contributed by atoms with E-state index in [4.69, 9.17) is 28.8 Å². The number of amides is 4. The zero-order chi connectivity index (χ0) is 57.4. The summed E-state index contributed by atoms with van der Waals surface area (Å²) < 4.78 is 61.2. The Balaban J connectivity index is 0.654. The van der Waals surface area contributed by atoms with Crippen LogP contribution in [0.5, 0.6) is 0 Å². The fraction of sp³-hybridized carbons (Fsp3) is 0.537. The molecule has 2 aromatic carbocycles. The predicted octanol–water partition coefficient (Wildman–Crippen LogP) is 6.04. The van der Waals surface area contributed by atoms with Gasteiger partial charge in [-0.25, -0.2) is 13.8 Å². The number of aromatic nitrogens is 5. The third-order valence-corrected chi connectivity index (χ3v) is 15.0. The highest BCUT2D eigenvalue weighted by Crippen LogP contribution is 2.44. The number of halogens is 2. The number of anilines is 5. The molecule has 0 saturated carbocycles. The second-order valence-corrected chi connectivity index (χ2v) is 20.8. The molecule has 4 amide bonds. The molecule has 6 heterocycles. The van der Waals surface area contributed by atoms with Crippen LogP contribution in [0.3, 0.4) is 0 Å². The van der Waals surface area contributed by atoms with E-state index < -0.39 is 17.3 Å². The molecule has 0 atom stereocenters. The van der Waals surface area contributed by atoms with Crippen molar-refractivity contribution in [2.45, 2.75) is 71.9 Å². The largest absolute Gasteiger partial charge is 0.383 e. The molecule has 4 N–H and O–H groups in total. The van der Waals surface area contributed by atoms with Crippen LogP contribution < -0.4 is 26.2 Å². The van der Waals surface area contributed by atoms with E-state index in [1.165, 1.54) is 19.9 Å². The number of hydrogen-bond acceptors (Lipinski definition) is 18. The van der Waals surface area contributed by atoms with Gasteiger partial charge in [0.2, 0.25) is 17.7 Å². The van der Waals surface area contributed by atoms with Crippen LogP contribution in [0, 0.1) is 17.0 Å². The van der Waals surface area contributed by atoms with Crippen molar-refractivity contribution in [3.05, 3.63) is 86.5 Å². The number of carbonyl (C=O) groups is 4. The Kier molecular flexibility index (Phi) is 21.6. The standard InChI is InChI=1S/C54H71F2N13O11S/c1-35-53(69(74)75)81-54(60-35)62-52(73)42-8-7-40(29-46(42)61-36(2)70)57-12-18-76-20-22-78-24-26-80-27-25-79-23-21-77-19-13-58-49(72)34-65-15-9-41(10-16-65)68-47-11-17-66(37(3)71)33-45(47)51(63-68)67-14-5-6-38-28-43(39-31-59-64(4)32-39)44(50(55)56)30-48(38)67/h7-8,28-32,41,50,57H,5-6,9-27,33-34H2,1-4H3,(H,58,72)(H,61,70)(H,60,62,73). The van der Waals surface area contributed by atoms with Crippen molar-refractivity contribution in [1.29, 1.82) is 0 Å². The number of aryl methyl sites for hydroxylation is 3. The van der Waals surface area contributed by atoms with Gasteiger partial charge in [0.1, 0.15) is 5.69 Å². The molecule has 1 saturated heterocycles. The Morgan fingerprint density at radius 2 is 1.54 bits per heavy atom. The summed E-state index contributed by atoms with van der Waals surface area (Å²) in [6, 6.07) is 8.40. The van der Waals surface area contributed by atoms with Gasteiger partial charge in [0.25, 0.3) is 12.3 Å². The molecular formula is C54H71F2N13O11S. The first-order chi connectivity index (χ1) is 39.1. The van der Waals surface area contributed by atoms with Crippen molar-refractivity contribution >= 4 is 68.0 Å². The van der Waals surface area contributed by atoms with Gasteiger partial charge in [0, 0.05) is 107 Å². The number of rotatable bonds is 29. The number of nitrogens with one attached hydrogen (secondary N) is 4. The van der Waals surface area contributed by atoms with Gasteiger partial charge in [-0.1, -0.05) is 0 Å². The first-order valence-corrected chi connectivity index (χ1v) is 28.0. The predicted molar refractivity (Wildman–Crippen MR) is 298 cm³/mol.